The minimum absolute atomic E-state index is 0.0542. The first-order valence-corrected chi connectivity index (χ1v) is 13.1. The quantitative estimate of drug-likeness (QED) is 0.352. The van der Waals surface area contributed by atoms with Crippen molar-refractivity contribution in [2.75, 3.05) is 17.2 Å². The first-order valence-electron chi connectivity index (χ1n) is 12.1. The predicted molar refractivity (Wildman–Crippen MR) is 141 cm³/mol. The summed E-state index contributed by atoms with van der Waals surface area (Å²) in [6.45, 7) is 1.80. The summed E-state index contributed by atoms with van der Waals surface area (Å²) in [5.74, 6) is -2.04. The van der Waals surface area contributed by atoms with Crippen LogP contribution in [0.1, 0.15) is 45.6 Å². The number of rotatable bonds is 5. The zero-order valence-corrected chi connectivity index (χ0v) is 21.7. The van der Waals surface area contributed by atoms with Crippen molar-refractivity contribution in [3.05, 3.63) is 88.2 Å². The smallest absolute Gasteiger partial charge is 0.411 e. The molecule has 0 saturated carbocycles. The summed E-state index contributed by atoms with van der Waals surface area (Å²) in [6, 6.07) is 11.9. The van der Waals surface area contributed by atoms with Gasteiger partial charge in [-0.15, -0.1) is 0 Å². The van der Waals surface area contributed by atoms with Gasteiger partial charge in [0.15, 0.2) is 0 Å². The van der Waals surface area contributed by atoms with Crippen molar-refractivity contribution < 1.29 is 32.3 Å². The Morgan fingerprint density at radius 1 is 1.15 bits per heavy atom. The molecule has 12 heteroatoms. The molecule has 3 amide bonds. The molecule has 4 bridgehead atoms. The van der Waals surface area contributed by atoms with Crippen LogP contribution in [-0.4, -0.2) is 33.3 Å². The van der Waals surface area contributed by atoms with Crippen LogP contribution in [0.15, 0.2) is 59.5 Å². The maximum absolute atomic E-state index is 14.7. The molecule has 0 aromatic heterocycles. The SMILES string of the molecule is CCc1cc2ccc1CCOC(=O)Nc1ccc(S(=O)[O-])c(c1)CNC(=O)C2Nc1cc(C(N)=O)ccc1F. The Balaban J connectivity index is 1.77. The Labute approximate surface area is 226 Å². The number of nitrogens with two attached hydrogens (primary N) is 1. The van der Waals surface area contributed by atoms with E-state index in [2.05, 4.69) is 16.0 Å². The average molecular weight is 554 g/mol. The van der Waals surface area contributed by atoms with Crippen LogP contribution in [0.5, 0.6) is 0 Å². The van der Waals surface area contributed by atoms with Crippen LogP contribution >= 0.6 is 0 Å². The van der Waals surface area contributed by atoms with E-state index in [1.807, 2.05) is 6.92 Å². The number of amides is 3. The second kappa shape index (κ2) is 12.0. The molecular formula is C27H26FN4O6S-. The Hall–Kier alpha value is -4.29. The van der Waals surface area contributed by atoms with Crippen LogP contribution in [0.2, 0.25) is 0 Å². The molecular weight excluding hydrogens is 527 g/mol. The van der Waals surface area contributed by atoms with E-state index in [-0.39, 0.29) is 40.5 Å². The molecule has 0 radical (unpaired) electrons. The van der Waals surface area contributed by atoms with Gasteiger partial charge in [0.05, 0.1) is 12.3 Å². The summed E-state index contributed by atoms with van der Waals surface area (Å²) in [5, 5.41) is 8.13. The normalized spacial score (nSPS) is 16.5. The van der Waals surface area contributed by atoms with Gasteiger partial charge in [-0.3, -0.25) is 19.1 Å². The summed E-state index contributed by atoms with van der Waals surface area (Å²) in [6.07, 6.45) is 0.320. The molecule has 39 heavy (non-hydrogen) atoms. The van der Waals surface area contributed by atoms with Crippen LogP contribution in [0, 0.1) is 5.82 Å². The van der Waals surface area contributed by atoms with E-state index >= 15 is 0 Å². The number of primary amides is 1. The van der Waals surface area contributed by atoms with Crippen LogP contribution < -0.4 is 21.7 Å². The molecule has 0 fully saturated rings. The molecule has 5 rings (SSSR count). The van der Waals surface area contributed by atoms with Gasteiger partial charge in [0.1, 0.15) is 11.9 Å². The monoisotopic (exact) mass is 553 g/mol. The molecule has 3 aromatic carbocycles. The van der Waals surface area contributed by atoms with E-state index < -0.39 is 40.8 Å². The van der Waals surface area contributed by atoms with Gasteiger partial charge < -0.3 is 25.7 Å². The fourth-order valence-electron chi connectivity index (χ4n) is 4.29. The number of nitrogens with one attached hydrogen (secondary N) is 3. The van der Waals surface area contributed by atoms with Crippen molar-refractivity contribution >= 4 is 40.4 Å². The lowest BCUT2D eigenvalue weighted by atomic mass is 9.95. The molecule has 2 unspecified atom stereocenters. The lowest BCUT2D eigenvalue weighted by Crippen LogP contribution is -2.34. The number of anilines is 2. The number of carbonyl (C=O) groups excluding carboxylic acids is 3. The molecule has 204 valence electrons. The molecule has 0 saturated heterocycles. The Kier molecular flexibility index (Phi) is 8.57. The summed E-state index contributed by atoms with van der Waals surface area (Å²) in [5.41, 5.74) is 8.10. The highest BCUT2D eigenvalue weighted by atomic mass is 32.2. The van der Waals surface area contributed by atoms with E-state index in [1.54, 1.807) is 18.2 Å². The fraction of sp³-hybridized carbons (Fsp3) is 0.222. The molecule has 2 heterocycles. The van der Waals surface area contributed by atoms with Gasteiger partial charge >= 0.3 is 6.09 Å². The maximum atomic E-state index is 14.7. The van der Waals surface area contributed by atoms with E-state index in [9.17, 15) is 27.5 Å². The zero-order chi connectivity index (χ0) is 28.1. The van der Waals surface area contributed by atoms with Gasteiger partial charge in [0.2, 0.25) is 11.8 Å². The first kappa shape index (κ1) is 27.7. The van der Waals surface area contributed by atoms with Gasteiger partial charge in [-0.05, 0) is 76.2 Å². The summed E-state index contributed by atoms with van der Waals surface area (Å²) < 4.78 is 43.6. The highest BCUT2D eigenvalue weighted by Crippen LogP contribution is 2.27. The lowest BCUT2D eigenvalue weighted by Gasteiger charge is -2.23. The highest BCUT2D eigenvalue weighted by Gasteiger charge is 2.24. The van der Waals surface area contributed by atoms with Crippen LogP contribution in [-0.2, 0) is 40.0 Å². The van der Waals surface area contributed by atoms with Crippen molar-refractivity contribution in [1.82, 2.24) is 5.32 Å². The summed E-state index contributed by atoms with van der Waals surface area (Å²) in [7, 11) is 0. The van der Waals surface area contributed by atoms with Crippen LogP contribution in [0.4, 0.5) is 20.6 Å². The molecule has 2 aliphatic heterocycles. The first-order chi connectivity index (χ1) is 18.7. The van der Waals surface area contributed by atoms with Gasteiger partial charge in [-0.2, -0.15) is 0 Å². The minimum Gasteiger partial charge on any atom is -0.768 e. The number of halogens is 1. The number of hydrogen-bond acceptors (Lipinski definition) is 7. The van der Waals surface area contributed by atoms with E-state index in [0.717, 1.165) is 17.2 Å². The summed E-state index contributed by atoms with van der Waals surface area (Å²) in [4.78, 5) is 37.4. The number of benzene rings is 3. The molecule has 3 aromatic rings. The predicted octanol–water partition coefficient (Wildman–Crippen LogP) is 3.30. The van der Waals surface area contributed by atoms with E-state index in [1.165, 1.54) is 30.3 Å². The minimum atomic E-state index is -2.62. The van der Waals surface area contributed by atoms with E-state index in [0.29, 0.717) is 18.4 Å². The third-order valence-electron chi connectivity index (χ3n) is 6.30. The molecule has 10 nitrogen and oxygen atoms in total. The molecule has 5 N–H and O–H groups in total. The van der Waals surface area contributed by atoms with Crippen molar-refractivity contribution in [2.24, 2.45) is 5.73 Å². The largest absolute Gasteiger partial charge is 0.768 e. The number of fused-ring (bicyclic) bond motifs is 9. The Morgan fingerprint density at radius 2 is 1.95 bits per heavy atom. The third-order valence-corrected chi connectivity index (χ3v) is 7.06. The number of ether oxygens (including phenoxy) is 1. The number of hydrogen-bond donors (Lipinski definition) is 4. The maximum Gasteiger partial charge on any atom is 0.411 e. The second-order valence-electron chi connectivity index (χ2n) is 8.80. The molecule has 2 atom stereocenters. The highest BCUT2D eigenvalue weighted by molar-refractivity contribution is 7.79. The van der Waals surface area contributed by atoms with Crippen molar-refractivity contribution in [3.63, 3.8) is 0 Å². The van der Waals surface area contributed by atoms with Crippen molar-refractivity contribution in [2.45, 2.75) is 37.2 Å². The topological polar surface area (TPSA) is 163 Å². The molecule has 0 aliphatic carbocycles. The Bertz CT molecular complexity index is 1460. The summed E-state index contributed by atoms with van der Waals surface area (Å²) >= 11 is -2.62. The van der Waals surface area contributed by atoms with Crippen molar-refractivity contribution in [1.29, 1.82) is 0 Å². The van der Waals surface area contributed by atoms with Crippen LogP contribution in [0.3, 0.4) is 0 Å². The standard InChI is InChI=1S/C27H27FN4O6S/c1-2-15-11-17-4-3-16(15)9-10-38-27(35)31-20-6-8-23(39(36)37)19(12-20)14-30-26(34)24(17)32-22-13-18(25(29)33)5-7-21(22)28/h3-8,11-13,24,32H,2,9-10,14H2,1H3,(H2,29,33)(H,30,34)(H,31,35)(H,36,37)/p-1. The number of carbonyl (C=O) groups is 3. The van der Waals surface area contributed by atoms with Crippen LogP contribution in [0.25, 0.3) is 0 Å². The van der Waals surface area contributed by atoms with Crippen molar-refractivity contribution in [3.8, 4) is 0 Å². The van der Waals surface area contributed by atoms with Gasteiger partial charge in [0, 0.05) is 29.1 Å². The van der Waals surface area contributed by atoms with E-state index in [4.69, 9.17) is 10.5 Å². The van der Waals surface area contributed by atoms with Gasteiger partial charge in [-0.1, -0.05) is 25.1 Å². The molecule has 0 spiro atoms. The third kappa shape index (κ3) is 6.59. The zero-order valence-electron chi connectivity index (χ0n) is 20.9. The molecule has 2 aliphatic rings. The average Bonchev–Trinajstić information content (AvgIpc) is 2.90. The Morgan fingerprint density at radius 3 is 2.67 bits per heavy atom. The fourth-order valence-corrected chi connectivity index (χ4v) is 4.82. The number of aryl methyl sites for hydroxylation is 1. The van der Waals surface area contributed by atoms with Gasteiger partial charge in [0.25, 0.3) is 0 Å². The van der Waals surface area contributed by atoms with Gasteiger partial charge in [-0.25, -0.2) is 9.18 Å². The second-order valence-corrected chi connectivity index (χ2v) is 9.71. The lowest BCUT2D eigenvalue weighted by molar-refractivity contribution is -0.122.